The van der Waals surface area contributed by atoms with E-state index in [1.165, 1.54) is 4.31 Å². The van der Waals surface area contributed by atoms with Crippen molar-refractivity contribution < 1.29 is 22.5 Å². The van der Waals surface area contributed by atoms with Crippen molar-refractivity contribution >= 4 is 15.9 Å². The molecule has 0 atom stereocenters. The van der Waals surface area contributed by atoms with Crippen LogP contribution in [-0.2, 0) is 21.2 Å². The summed E-state index contributed by atoms with van der Waals surface area (Å²) in [5.74, 6) is 1.41. The fraction of sp³-hybridized carbons (Fsp3) is 0.526. The molecule has 2 aromatic rings. The summed E-state index contributed by atoms with van der Waals surface area (Å²) in [4.78, 5) is 16.7. The van der Waals surface area contributed by atoms with Gasteiger partial charge in [-0.05, 0) is 51.0 Å². The van der Waals surface area contributed by atoms with Gasteiger partial charge in [0.15, 0.2) is 5.82 Å². The summed E-state index contributed by atoms with van der Waals surface area (Å²) >= 11 is 0. The minimum Gasteiger partial charge on any atom is -0.494 e. The molecule has 1 aliphatic rings. The highest BCUT2D eigenvalue weighted by Crippen LogP contribution is 2.25. The first-order valence-corrected chi connectivity index (χ1v) is 11.1. The van der Waals surface area contributed by atoms with Gasteiger partial charge >= 0.3 is 0 Å². The van der Waals surface area contributed by atoms with Crippen molar-refractivity contribution in [2.75, 3.05) is 26.2 Å². The maximum absolute atomic E-state index is 12.8. The molecule has 29 heavy (non-hydrogen) atoms. The number of benzene rings is 1. The molecule has 3 rings (SSSR count). The Balaban J connectivity index is 1.49. The van der Waals surface area contributed by atoms with Crippen LogP contribution in [0.2, 0.25) is 0 Å². The number of rotatable bonds is 8. The summed E-state index contributed by atoms with van der Waals surface area (Å²) in [7, 11) is -3.58. The number of hydrogen-bond acceptors (Lipinski definition) is 7. The zero-order chi connectivity index (χ0) is 20.9. The third kappa shape index (κ3) is 5.33. The minimum atomic E-state index is -3.58. The second-order valence-corrected chi connectivity index (χ2v) is 8.80. The average molecular weight is 423 g/mol. The normalized spacial score (nSPS) is 15.9. The molecule has 10 heteroatoms. The van der Waals surface area contributed by atoms with Gasteiger partial charge in [-0.25, -0.2) is 8.42 Å². The van der Waals surface area contributed by atoms with Crippen molar-refractivity contribution in [2.24, 2.45) is 5.92 Å². The molecule has 0 bridgehead atoms. The van der Waals surface area contributed by atoms with Crippen LogP contribution in [0, 0.1) is 12.8 Å². The summed E-state index contributed by atoms with van der Waals surface area (Å²) in [5, 5.41) is 6.57. The first-order valence-electron chi connectivity index (χ1n) is 9.70. The van der Waals surface area contributed by atoms with Crippen LogP contribution in [0.5, 0.6) is 5.75 Å². The van der Waals surface area contributed by atoms with E-state index in [4.69, 9.17) is 9.26 Å². The molecule has 1 fully saturated rings. The van der Waals surface area contributed by atoms with Gasteiger partial charge in [0.2, 0.25) is 21.8 Å². The standard InChI is InChI=1S/C19H26N4O5S/c1-3-27-16-4-6-17(7-5-16)29(25,26)23-12-9-15(10-13-23)19(24)20-11-8-18-21-14(2)22-28-18/h4-7,15H,3,8-13H2,1-2H3,(H,20,24). The van der Waals surface area contributed by atoms with E-state index in [1.807, 2.05) is 6.92 Å². The number of hydrogen-bond donors (Lipinski definition) is 1. The molecule has 0 saturated carbocycles. The van der Waals surface area contributed by atoms with Crippen molar-refractivity contribution in [1.29, 1.82) is 0 Å². The molecule has 0 spiro atoms. The Morgan fingerprint density at radius 3 is 2.55 bits per heavy atom. The lowest BCUT2D eigenvalue weighted by Crippen LogP contribution is -2.43. The van der Waals surface area contributed by atoms with Gasteiger partial charge in [-0.15, -0.1) is 0 Å². The van der Waals surface area contributed by atoms with Crippen molar-refractivity contribution in [3.63, 3.8) is 0 Å². The van der Waals surface area contributed by atoms with Gasteiger partial charge in [0.25, 0.3) is 0 Å². The summed E-state index contributed by atoms with van der Waals surface area (Å²) < 4.78 is 37.5. The van der Waals surface area contributed by atoms with Crippen LogP contribution in [-0.4, -0.2) is 55.0 Å². The number of sulfonamides is 1. The summed E-state index contributed by atoms with van der Waals surface area (Å²) in [6.07, 6.45) is 1.45. The first-order chi connectivity index (χ1) is 13.9. The van der Waals surface area contributed by atoms with Gasteiger partial charge in [-0.1, -0.05) is 5.16 Å². The van der Waals surface area contributed by atoms with Crippen molar-refractivity contribution in [3.05, 3.63) is 36.0 Å². The van der Waals surface area contributed by atoms with Crippen LogP contribution in [0.25, 0.3) is 0 Å². The lowest BCUT2D eigenvalue weighted by molar-refractivity contribution is -0.126. The third-order valence-electron chi connectivity index (χ3n) is 4.80. The first kappa shape index (κ1) is 21.3. The lowest BCUT2D eigenvalue weighted by Gasteiger charge is -2.30. The quantitative estimate of drug-likeness (QED) is 0.686. The summed E-state index contributed by atoms with van der Waals surface area (Å²) in [6, 6.07) is 6.42. The van der Waals surface area contributed by atoms with E-state index in [9.17, 15) is 13.2 Å². The molecule has 1 aliphatic heterocycles. The predicted molar refractivity (Wildman–Crippen MR) is 105 cm³/mol. The number of ether oxygens (including phenoxy) is 1. The number of carbonyl (C=O) groups excluding carboxylic acids is 1. The molecule has 2 heterocycles. The molecular weight excluding hydrogens is 396 g/mol. The zero-order valence-electron chi connectivity index (χ0n) is 16.6. The highest BCUT2D eigenvalue weighted by molar-refractivity contribution is 7.89. The number of nitrogens with zero attached hydrogens (tertiary/aromatic N) is 3. The Bertz CT molecular complexity index is 918. The minimum absolute atomic E-state index is 0.0700. The Morgan fingerprint density at radius 2 is 1.97 bits per heavy atom. The summed E-state index contributed by atoms with van der Waals surface area (Å²) in [5.41, 5.74) is 0. The largest absolute Gasteiger partial charge is 0.494 e. The fourth-order valence-corrected chi connectivity index (χ4v) is 4.73. The van der Waals surface area contributed by atoms with Crippen LogP contribution < -0.4 is 10.1 Å². The predicted octanol–water partition coefficient (Wildman–Crippen LogP) is 1.54. The van der Waals surface area contributed by atoms with Crippen molar-refractivity contribution in [3.8, 4) is 5.75 Å². The van der Waals surface area contributed by atoms with Gasteiger partial charge in [-0.3, -0.25) is 4.79 Å². The number of amides is 1. The second-order valence-electron chi connectivity index (χ2n) is 6.86. The number of aromatic nitrogens is 2. The van der Waals surface area contributed by atoms with Gasteiger partial charge in [0, 0.05) is 32.0 Å². The van der Waals surface area contributed by atoms with Gasteiger partial charge in [0.05, 0.1) is 11.5 Å². The van der Waals surface area contributed by atoms with Gasteiger partial charge in [-0.2, -0.15) is 9.29 Å². The monoisotopic (exact) mass is 422 g/mol. The maximum atomic E-state index is 12.8. The Hall–Kier alpha value is -2.46. The topological polar surface area (TPSA) is 115 Å². The van der Waals surface area contributed by atoms with E-state index in [-0.39, 0.29) is 16.7 Å². The average Bonchev–Trinajstić information content (AvgIpc) is 3.14. The van der Waals surface area contributed by atoms with Crippen LogP contribution in [0.4, 0.5) is 0 Å². The fourth-order valence-electron chi connectivity index (χ4n) is 3.26. The molecule has 1 N–H and O–H groups in total. The van der Waals surface area contributed by atoms with E-state index in [2.05, 4.69) is 15.5 Å². The number of aryl methyl sites for hydroxylation is 1. The van der Waals surface area contributed by atoms with Crippen LogP contribution >= 0.6 is 0 Å². The molecule has 1 aromatic carbocycles. The van der Waals surface area contributed by atoms with E-state index in [0.29, 0.717) is 63.0 Å². The van der Waals surface area contributed by atoms with Crippen LogP contribution in [0.1, 0.15) is 31.5 Å². The number of piperidine rings is 1. The molecule has 1 amide bonds. The van der Waals surface area contributed by atoms with E-state index >= 15 is 0 Å². The molecule has 9 nitrogen and oxygen atoms in total. The Labute approximate surface area is 170 Å². The number of carbonyl (C=O) groups is 1. The maximum Gasteiger partial charge on any atom is 0.243 e. The number of nitrogens with one attached hydrogen (secondary N) is 1. The molecule has 158 valence electrons. The Kier molecular flexibility index (Phi) is 6.86. The Morgan fingerprint density at radius 1 is 1.28 bits per heavy atom. The van der Waals surface area contributed by atoms with Gasteiger partial charge in [0.1, 0.15) is 5.75 Å². The molecule has 1 aromatic heterocycles. The van der Waals surface area contributed by atoms with E-state index in [0.717, 1.165) is 0 Å². The highest BCUT2D eigenvalue weighted by Gasteiger charge is 2.32. The smallest absolute Gasteiger partial charge is 0.243 e. The zero-order valence-corrected chi connectivity index (χ0v) is 17.4. The lowest BCUT2D eigenvalue weighted by atomic mass is 9.97. The van der Waals surface area contributed by atoms with Crippen LogP contribution in [0.15, 0.2) is 33.7 Å². The second kappa shape index (κ2) is 9.36. The molecule has 1 saturated heterocycles. The third-order valence-corrected chi connectivity index (χ3v) is 6.72. The summed E-state index contributed by atoms with van der Waals surface area (Å²) in [6.45, 7) is 5.17. The van der Waals surface area contributed by atoms with Crippen molar-refractivity contribution in [1.82, 2.24) is 19.8 Å². The molecular formula is C19H26N4O5S. The molecule has 0 aliphatic carbocycles. The van der Waals surface area contributed by atoms with E-state index < -0.39 is 10.0 Å². The van der Waals surface area contributed by atoms with Gasteiger partial charge < -0.3 is 14.6 Å². The van der Waals surface area contributed by atoms with E-state index in [1.54, 1.807) is 31.2 Å². The molecule has 0 radical (unpaired) electrons. The highest BCUT2D eigenvalue weighted by atomic mass is 32.2. The SMILES string of the molecule is CCOc1ccc(S(=O)(=O)N2CCC(C(=O)NCCc3nc(C)no3)CC2)cc1. The molecule has 0 unspecified atom stereocenters. The van der Waals surface area contributed by atoms with Crippen LogP contribution in [0.3, 0.4) is 0 Å². The van der Waals surface area contributed by atoms with Crippen molar-refractivity contribution in [2.45, 2.75) is 38.0 Å².